The summed E-state index contributed by atoms with van der Waals surface area (Å²) in [6.07, 6.45) is 0.650. The lowest BCUT2D eigenvalue weighted by molar-refractivity contribution is -0.147. The predicted molar refractivity (Wildman–Crippen MR) is 83.2 cm³/mol. The molecule has 0 radical (unpaired) electrons. The second-order valence-corrected chi connectivity index (χ2v) is 5.80. The second-order valence-electron chi connectivity index (χ2n) is 4.94. The van der Waals surface area contributed by atoms with Crippen LogP contribution in [0.1, 0.15) is 23.5 Å². The van der Waals surface area contributed by atoms with E-state index in [9.17, 15) is 4.79 Å². The molecule has 0 spiro atoms. The molecule has 2 aromatic rings. The third kappa shape index (κ3) is 3.10. The highest BCUT2D eigenvalue weighted by Gasteiger charge is 2.30. The first kappa shape index (κ1) is 14.1. The largest absolute Gasteiger partial charge is 0.492 e. The molecule has 4 heteroatoms. The Hall–Kier alpha value is -1.81. The Balaban J connectivity index is 1.73. The summed E-state index contributed by atoms with van der Waals surface area (Å²) >= 11 is 3.46. The SMILES string of the molecule is O=C(OCc1ccccc1)C1CCOc2c(Br)cccc21. The Labute approximate surface area is 132 Å². The molecule has 3 rings (SSSR count). The first-order chi connectivity index (χ1) is 10.3. The Kier molecular flexibility index (Phi) is 4.25. The first-order valence-corrected chi connectivity index (χ1v) is 7.67. The van der Waals surface area contributed by atoms with Gasteiger partial charge in [0.15, 0.2) is 0 Å². The minimum atomic E-state index is -0.255. The number of ether oxygens (including phenoxy) is 2. The predicted octanol–water partition coefficient (Wildman–Crippen LogP) is 4.06. The molecule has 108 valence electrons. The maximum atomic E-state index is 12.4. The van der Waals surface area contributed by atoms with Crippen molar-refractivity contribution in [2.45, 2.75) is 18.9 Å². The summed E-state index contributed by atoms with van der Waals surface area (Å²) in [7, 11) is 0. The lowest BCUT2D eigenvalue weighted by atomic mass is 9.93. The van der Waals surface area contributed by atoms with Gasteiger partial charge in [0, 0.05) is 5.56 Å². The van der Waals surface area contributed by atoms with E-state index in [1.165, 1.54) is 0 Å². The lowest BCUT2D eigenvalue weighted by Crippen LogP contribution is -2.23. The number of rotatable bonds is 3. The average molecular weight is 347 g/mol. The summed E-state index contributed by atoms with van der Waals surface area (Å²) < 4.78 is 12.0. The Morgan fingerprint density at radius 3 is 2.81 bits per heavy atom. The maximum absolute atomic E-state index is 12.4. The topological polar surface area (TPSA) is 35.5 Å². The van der Waals surface area contributed by atoms with Gasteiger partial charge in [0.1, 0.15) is 12.4 Å². The van der Waals surface area contributed by atoms with Crippen molar-refractivity contribution in [3.8, 4) is 5.75 Å². The van der Waals surface area contributed by atoms with E-state index in [1.807, 2.05) is 48.5 Å². The van der Waals surface area contributed by atoms with Crippen LogP contribution < -0.4 is 4.74 Å². The number of benzene rings is 2. The quantitative estimate of drug-likeness (QED) is 0.786. The molecule has 0 fully saturated rings. The minimum absolute atomic E-state index is 0.193. The number of carbonyl (C=O) groups excluding carboxylic acids is 1. The van der Waals surface area contributed by atoms with Crippen molar-refractivity contribution in [2.75, 3.05) is 6.61 Å². The third-order valence-electron chi connectivity index (χ3n) is 3.53. The van der Waals surface area contributed by atoms with E-state index in [0.29, 0.717) is 19.6 Å². The van der Waals surface area contributed by atoms with Gasteiger partial charge in [-0.2, -0.15) is 0 Å². The van der Waals surface area contributed by atoms with Crippen molar-refractivity contribution in [3.05, 3.63) is 64.1 Å². The summed E-state index contributed by atoms with van der Waals surface area (Å²) in [4.78, 5) is 12.4. The highest BCUT2D eigenvalue weighted by molar-refractivity contribution is 9.10. The molecular formula is C17H15BrO3. The molecule has 3 nitrogen and oxygen atoms in total. The fraction of sp³-hybridized carbons (Fsp3) is 0.235. The van der Waals surface area contributed by atoms with Gasteiger partial charge in [-0.15, -0.1) is 0 Å². The summed E-state index contributed by atoms with van der Waals surface area (Å²) in [6, 6.07) is 15.5. The maximum Gasteiger partial charge on any atom is 0.314 e. The van der Waals surface area contributed by atoms with Gasteiger partial charge in [-0.05, 0) is 34.0 Å². The fourth-order valence-corrected chi connectivity index (χ4v) is 2.96. The lowest BCUT2D eigenvalue weighted by Gasteiger charge is -2.25. The van der Waals surface area contributed by atoms with Gasteiger partial charge < -0.3 is 9.47 Å². The van der Waals surface area contributed by atoms with Crippen LogP contribution in [0.2, 0.25) is 0 Å². The number of halogens is 1. The van der Waals surface area contributed by atoms with Gasteiger partial charge in [-0.1, -0.05) is 42.5 Å². The summed E-state index contributed by atoms with van der Waals surface area (Å²) in [5.74, 6) is 0.307. The number of para-hydroxylation sites is 1. The van der Waals surface area contributed by atoms with E-state index in [2.05, 4.69) is 15.9 Å². The average Bonchev–Trinajstić information content (AvgIpc) is 2.53. The van der Waals surface area contributed by atoms with Gasteiger partial charge in [0.25, 0.3) is 0 Å². The highest BCUT2D eigenvalue weighted by Crippen LogP contribution is 2.39. The Morgan fingerprint density at radius 2 is 2.00 bits per heavy atom. The summed E-state index contributed by atoms with van der Waals surface area (Å²) in [5, 5.41) is 0. The Morgan fingerprint density at radius 1 is 1.19 bits per heavy atom. The van der Waals surface area contributed by atoms with Gasteiger partial charge in [-0.3, -0.25) is 4.79 Å². The highest BCUT2D eigenvalue weighted by atomic mass is 79.9. The van der Waals surface area contributed by atoms with Gasteiger partial charge in [0.2, 0.25) is 0 Å². The molecule has 1 atom stereocenters. The molecule has 0 N–H and O–H groups in total. The molecule has 21 heavy (non-hydrogen) atoms. The Bertz CT molecular complexity index is 640. The molecule has 0 saturated carbocycles. The number of fused-ring (bicyclic) bond motifs is 1. The van der Waals surface area contributed by atoms with E-state index < -0.39 is 0 Å². The van der Waals surface area contributed by atoms with Crippen LogP contribution in [-0.2, 0) is 16.1 Å². The van der Waals surface area contributed by atoms with Crippen LogP contribution in [0.15, 0.2) is 53.0 Å². The molecule has 0 aliphatic carbocycles. The van der Waals surface area contributed by atoms with E-state index >= 15 is 0 Å². The van der Waals surface area contributed by atoms with Crippen LogP contribution >= 0.6 is 15.9 Å². The second kappa shape index (κ2) is 6.31. The first-order valence-electron chi connectivity index (χ1n) is 6.87. The number of esters is 1. The van der Waals surface area contributed by atoms with E-state index in [-0.39, 0.29) is 11.9 Å². The number of hydrogen-bond donors (Lipinski definition) is 0. The summed E-state index contributed by atoms with van der Waals surface area (Å²) in [6.45, 7) is 0.834. The van der Waals surface area contributed by atoms with Crippen molar-refractivity contribution < 1.29 is 14.3 Å². The van der Waals surface area contributed by atoms with Gasteiger partial charge in [-0.25, -0.2) is 0 Å². The molecule has 0 bridgehead atoms. The monoisotopic (exact) mass is 346 g/mol. The van der Waals surface area contributed by atoms with Crippen molar-refractivity contribution in [1.29, 1.82) is 0 Å². The van der Waals surface area contributed by atoms with Crippen molar-refractivity contribution in [3.63, 3.8) is 0 Å². The molecule has 2 aromatic carbocycles. The molecule has 1 aliphatic heterocycles. The molecule has 0 aromatic heterocycles. The van der Waals surface area contributed by atoms with Crippen molar-refractivity contribution in [2.24, 2.45) is 0 Å². The van der Waals surface area contributed by atoms with Crippen molar-refractivity contribution >= 4 is 21.9 Å². The van der Waals surface area contributed by atoms with E-state index in [1.54, 1.807) is 0 Å². The zero-order chi connectivity index (χ0) is 14.7. The molecule has 0 amide bonds. The molecular weight excluding hydrogens is 332 g/mol. The fourth-order valence-electron chi connectivity index (χ4n) is 2.46. The van der Waals surface area contributed by atoms with Crippen LogP contribution in [-0.4, -0.2) is 12.6 Å². The van der Waals surface area contributed by atoms with E-state index in [0.717, 1.165) is 21.3 Å². The van der Waals surface area contributed by atoms with Gasteiger partial charge in [0.05, 0.1) is 17.0 Å². The smallest absolute Gasteiger partial charge is 0.314 e. The molecule has 0 saturated heterocycles. The third-order valence-corrected chi connectivity index (χ3v) is 4.16. The number of hydrogen-bond acceptors (Lipinski definition) is 3. The van der Waals surface area contributed by atoms with Crippen LogP contribution in [0.5, 0.6) is 5.75 Å². The van der Waals surface area contributed by atoms with E-state index in [4.69, 9.17) is 9.47 Å². The van der Waals surface area contributed by atoms with Crippen LogP contribution in [0.25, 0.3) is 0 Å². The zero-order valence-electron chi connectivity index (χ0n) is 11.4. The molecule has 1 heterocycles. The molecule has 1 aliphatic rings. The van der Waals surface area contributed by atoms with Crippen LogP contribution in [0.4, 0.5) is 0 Å². The summed E-state index contributed by atoms with van der Waals surface area (Å²) in [5.41, 5.74) is 1.89. The minimum Gasteiger partial charge on any atom is -0.492 e. The zero-order valence-corrected chi connectivity index (χ0v) is 13.0. The molecule has 1 unspecified atom stereocenters. The van der Waals surface area contributed by atoms with Crippen molar-refractivity contribution in [1.82, 2.24) is 0 Å². The van der Waals surface area contributed by atoms with Crippen LogP contribution in [0, 0.1) is 0 Å². The van der Waals surface area contributed by atoms with Crippen LogP contribution in [0.3, 0.4) is 0 Å². The van der Waals surface area contributed by atoms with Gasteiger partial charge >= 0.3 is 5.97 Å². The number of carbonyl (C=O) groups is 1. The standard InChI is InChI=1S/C17H15BrO3/c18-15-8-4-7-13-14(9-10-20-16(13)15)17(19)21-11-12-5-2-1-3-6-12/h1-8,14H,9-11H2. The normalized spacial score (nSPS) is 16.7.